The van der Waals surface area contributed by atoms with Gasteiger partial charge in [-0.05, 0) is 30.0 Å². The van der Waals surface area contributed by atoms with Crippen LogP contribution in [0.25, 0.3) is 0 Å². The molecule has 0 aliphatic heterocycles. The largest absolute Gasteiger partial charge is 0.117 e. The van der Waals surface area contributed by atoms with E-state index in [1.165, 1.54) is 12.8 Å². The van der Waals surface area contributed by atoms with Gasteiger partial charge in [0.2, 0.25) is 0 Å². The number of alkyl halides is 1. The molecule has 96 valence electrons. The third-order valence-corrected chi connectivity index (χ3v) is 4.28. The molecule has 0 saturated heterocycles. The van der Waals surface area contributed by atoms with Gasteiger partial charge < -0.3 is 0 Å². The summed E-state index contributed by atoms with van der Waals surface area (Å²) < 4.78 is 0. The molecular formula is C14H19Cl3. The zero-order valence-electron chi connectivity index (χ0n) is 10.3. The summed E-state index contributed by atoms with van der Waals surface area (Å²) in [5.74, 6) is 0.482. The summed E-state index contributed by atoms with van der Waals surface area (Å²) >= 11 is 18.6. The first-order chi connectivity index (χ1) is 8.10. The van der Waals surface area contributed by atoms with Gasteiger partial charge in [-0.25, -0.2) is 0 Å². The summed E-state index contributed by atoms with van der Waals surface area (Å²) in [4.78, 5) is 0. The van der Waals surface area contributed by atoms with Crippen LogP contribution in [-0.4, -0.2) is 0 Å². The molecule has 0 amide bonds. The van der Waals surface area contributed by atoms with Crippen molar-refractivity contribution in [2.24, 2.45) is 5.92 Å². The Morgan fingerprint density at radius 2 is 1.88 bits per heavy atom. The van der Waals surface area contributed by atoms with E-state index in [-0.39, 0.29) is 5.38 Å². The molecule has 2 atom stereocenters. The van der Waals surface area contributed by atoms with E-state index in [9.17, 15) is 0 Å². The minimum absolute atomic E-state index is 0.0173. The monoisotopic (exact) mass is 292 g/mol. The zero-order valence-corrected chi connectivity index (χ0v) is 12.6. The van der Waals surface area contributed by atoms with Crippen molar-refractivity contribution >= 4 is 34.8 Å². The molecule has 1 aromatic carbocycles. The Balaban J connectivity index is 2.81. The minimum atomic E-state index is -0.0173. The highest BCUT2D eigenvalue weighted by Crippen LogP contribution is 2.38. The van der Waals surface area contributed by atoms with E-state index in [1.54, 1.807) is 6.07 Å². The number of halogens is 3. The topological polar surface area (TPSA) is 0 Å². The molecule has 0 N–H and O–H groups in total. The number of hydrogen-bond acceptors (Lipinski definition) is 0. The molecule has 0 heterocycles. The molecule has 17 heavy (non-hydrogen) atoms. The maximum Gasteiger partial charge on any atom is 0.0627 e. The molecule has 0 radical (unpaired) electrons. The highest BCUT2D eigenvalue weighted by atomic mass is 35.5. The van der Waals surface area contributed by atoms with Crippen molar-refractivity contribution in [2.75, 3.05) is 0 Å². The van der Waals surface area contributed by atoms with Crippen LogP contribution in [0.3, 0.4) is 0 Å². The maximum atomic E-state index is 6.54. The van der Waals surface area contributed by atoms with Crippen molar-refractivity contribution in [2.45, 2.75) is 44.9 Å². The molecule has 0 saturated carbocycles. The smallest absolute Gasteiger partial charge is 0.0627 e. The zero-order chi connectivity index (χ0) is 12.8. The first kappa shape index (κ1) is 15.1. The molecule has 1 aromatic rings. The van der Waals surface area contributed by atoms with Gasteiger partial charge in [-0.1, -0.05) is 62.4 Å². The molecule has 1 rings (SSSR count). The Kier molecular flexibility index (Phi) is 6.69. The van der Waals surface area contributed by atoms with Gasteiger partial charge in [-0.2, -0.15) is 0 Å². The Morgan fingerprint density at radius 3 is 2.41 bits per heavy atom. The molecule has 2 unspecified atom stereocenters. The van der Waals surface area contributed by atoms with Gasteiger partial charge >= 0.3 is 0 Å². The maximum absolute atomic E-state index is 6.54. The van der Waals surface area contributed by atoms with Crippen molar-refractivity contribution in [1.29, 1.82) is 0 Å². The SMILES string of the molecule is CCCCC(CC)C(Cl)c1ccc(Cl)cc1Cl. The summed E-state index contributed by atoms with van der Waals surface area (Å²) in [6.07, 6.45) is 4.65. The second kappa shape index (κ2) is 7.51. The number of rotatable bonds is 6. The fraction of sp³-hybridized carbons (Fsp3) is 0.571. The number of unbranched alkanes of at least 4 members (excludes halogenated alkanes) is 1. The first-order valence-electron chi connectivity index (χ1n) is 6.19. The van der Waals surface area contributed by atoms with Crippen LogP contribution in [0.5, 0.6) is 0 Å². The first-order valence-corrected chi connectivity index (χ1v) is 7.38. The summed E-state index contributed by atoms with van der Waals surface area (Å²) in [6, 6.07) is 5.56. The van der Waals surface area contributed by atoms with Crippen LogP contribution >= 0.6 is 34.8 Å². The summed E-state index contributed by atoms with van der Waals surface area (Å²) in [6.45, 7) is 4.38. The van der Waals surface area contributed by atoms with Gasteiger partial charge in [0.25, 0.3) is 0 Å². The molecule has 0 fully saturated rings. The molecule has 0 bridgehead atoms. The van der Waals surface area contributed by atoms with Gasteiger partial charge in [-0.3, -0.25) is 0 Å². The normalized spacial score (nSPS) is 14.6. The Labute approximate surface area is 119 Å². The van der Waals surface area contributed by atoms with Crippen molar-refractivity contribution in [3.8, 4) is 0 Å². The van der Waals surface area contributed by atoms with Gasteiger partial charge in [0.15, 0.2) is 0 Å². The van der Waals surface area contributed by atoms with Crippen LogP contribution in [-0.2, 0) is 0 Å². The van der Waals surface area contributed by atoms with Gasteiger partial charge in [0.05, 0.1) is 5.38 Å². The lowest BCUT2D eigenvalue weighted by molar-refractivity contribution is 0.437. The summed E-state index contributed by atoms with van der Waals surface area (Å²) in [5.41, 5.74) is 1.00. The van der Waals surface area contributed by atoms with E-state index in [2.05, 4.69) is 13.8 Å². The number of benzene rings is 1. The summed E-state index contributed by atoms with van der Waals surface area (Å²) in [7, 11) is 0. The van der Waals surface area contributed by atoms with Gasteiger partial charge in [0, 0.05) is 10.0 Å². The second-order valence-corrected chi connectivity index (χ2v) is 5.69. The van der Waals surface area contributed by atoms with Crippen LogP contribution in [0.15, 0.2) is 18.2 Å². The third kappa shape index (κ3) is 4.35. The highest BCUT2D eigenvalue weighted by molar-refractivity contribution is 6.35. The third-order valence-electron chi connectivity index (χ3n) is 3.13. The molecular weight excluding hydrogens is 275 g/mol. The van der Waals surface area contributed by atoms with Crippen molar-refractivity contribution < 1.29 is 0 Å². The molecule has 3 heteroatoms. The van der Waals surface area contributed by atoms with Crippen molar-refractivity contribution in [3.05, 3.63) is 33.8 Å². The lowest BCUT2D eigenvalue weighted by Crippen LogP contribution is -2.07. The number of hydrogen-bond donors (Lipinski definition) is 0. The standard InChI is InChI=1S/C14H19Cl3/c1-3-5-6-10(4-2)14(17)12-8-7-11(15)9-13(12)16/h7-10,14H,3-6H2,1-2H3. The Hall–Kier alpha value is 0.0900. The lowest BCUT2D eigenvalue weighted by atomic mass is 9.91. The van der Waals surface area contributed by atoms with E-state index in [1.807, 2.05) is 12.1 Å². The Bertz CT molecular complexity index is 349. The van der Waals surface area contributed by atoms with E-state index in [4.69, 9.17) is 34.8 Å². The van der Waals surface area contributed by atoms with Crippen molar-refractivity contribution in [1.82, 2.24) is 0 Å². The molecule has 0 nitrogen and oxygen atoms in total. The minimum Gasteiger partial charge on any atom is -0.117 e. The summed E-state index contributed by atoms with van der Waals surface area (Å²) in [5, 5.41) is 1.31. The van der Waals surface area contributed by atoms with E-state index in [0.29, 0.717) is 16.0 Å². The van der Waals surface area contributed by atoms with E-state index < -0.39 is 0 Å². The van der Waals surface area contributed by atoms with Crippen LogP contribution in [0, 0.1) is 5.92 Å². The molecule has 0 aliphatic carbocycles. The lowest BCUT2D eigenvalue weighted by Gasteiger charge is -2.22. The molecule has 0 aliphatic rings. The molecule has 0 aromatic heterocycles. The van der Waals surface area contributed by atoms with E-state index >= 15 is 0 Å². The van der Waals surface area contributed by atoms with Gasteiger partial charge in [0.1, 0.15) is 0 Å². The van der Waals surface area contributed by atoms with Gasteiger partial charge in [-0.15, -0.1) is 11.6 Å². The fourth-order valence-corrected chi connectivity index (χ4v) is 3.08. The fourth-order valence-electron chi connectivity index (χ4n) is 2.00. The quantitative estimate of drug-likeness (QED) is 0.526. The second-order valence-electron chi connectivity index (χ2n) is 4.38. The van der Waals surface area contributed by atoms with Crippen LogP contribution in [0.4, 0.5) is 0 Å². The average Bonchev–Trinajstić information content (AvgIpc) is 2.29. The highest BCUT2D eigenvalue weighted by Gasteiger charge is 2.21. The van der Waals surface area contributed by atoms with Crippen LogP contribution < -0.4 is 0 Å². The van der Waals surface area contributed by atoms with Crippen molar-refractivity contribution in [3.63, 3.8) is 0 Å². The van der Waals surface area contributed by atoms with Crippen LogP contribution in [0.2, 0.25) is 10.0 Å². The van der Waals surface area contributed by atoms with E-state index in [0.717, 1.165) is 18.4 Å². The Morgan fingerprint density at radius 1 is 1.18 bits per heavy atom. The molecule has 0 spiro atoms. The van der Waals surface area contributed by atoms with Crippen LogP contribution in [0.1, 0.15) is 50.5 Å². The average molecular weight is 294 g/mol. The predicted molar refractivity (Wildman–Crippen MR) is 78.4 cm³/mol. The predicted octanol–water partition coefficient (Wildman–Crippen LogP) is 6.49.